The van der Waals surface area contributed by atoms with Gasteiger partial charge < -0.3 is 19.7 Å². The number of morpholine rings is 1. The molecular formula is C25H33N7O3SSi. The van der Waals surface area contributed by atoms with Gasteiger partial charge in [-0.15, -0.1) is 11.3 Å². The SMILES string of the molecule is Cc1cn2c(-c3cnn(COCC[Si](C)(C)C)c3)cnc2c(Nc2cc(C(=O)N3CCOCC3)cs2)n1. The number of hydrogen-bond donors (Lipinski definition) is 1. The molecule has 37 heavy (non-hydrogen) atoms. The number of thiophene rings is 1. The molecule has 0 aromatic carbocycles. The van der Waals surface area contributed by atoms with Crippen molar-refractivity contribution in [3.63, 3.8) is 0 Å². The van der Waals surface area contributed by atoms with Crippen LogP contribution in [0, 0.1) is 6.92 Å². The van der Waals surface area contributed by atoms with Crippen LogP contribution in [0.25, 0.3) is 16.9 Å². The minimum absolute atomic E-state index is 0.0273. The zero-order chi connectivity index (χ0) is 26.0. The van der Waals surface area contributed by atoms with Crippen molar-refractivity contribution in [3.05, 3.63) is 47.5 Å². The number of hydrogen-bond acceptors (Lipinski definition) is 8. The molecule has 0 radical (unpaired) electrons. The second kappa shape index (κ2) is 10.7. The fourth-order valence-corrected chi connectivity index (χ4v) is 5.62. The zero-order valence-corrected chi connectivity index (χ0v) is 23.5. The van der Waals surface area contributed by atoms with Crippen molar-refractivity contribution in [3.8, 4) is 11.3 Å². The van der Waals surface area contributed by atoms with Crippen molar-refractivity contribution in [1.82, 2.24) is 29.0 Å². The molecule has 4 aromatic rings. The lowest BCUT2D eigenvalue weighted by atomic mass is 10.2. The smallest absolute Gasteiger partial charge is 0.254 e. The van der Waals surface area contributed by atoms with Crippen molar-refractivity contribution in [2.45, 2.75) is 39.3 Å². The summed E-state index contributed by atoms with van der Waals surface area (Å²) in [7, 11) is -1.12. The van der Waals surface area contributed by atoms with E-state index in [0.29, 0.717) is 50.1 Å². The van der Waals surface area contributed by atoms with Crippen LogP contribution in [-0.4, -0.2) is 75.9 Å². The number of ether oxygens (including phenoxy) is 2. The van der Waals surface area contributed by atoms with Crippen LogP contribution in [0.15, 0.2) is 36.2 Å². The summed E-state index contributed by atoms with van der Waals surface area (Å²) >= 11 is 1.48. The van der Waals surface area contributed by atoms with Crippen LogP contribution in [0.5, 0.6) is 0 Å². The zero-order valence-electron chi connectivity index (χ0n) is 21.7. The third-order valence-corrected chi connectivity index (χ3v) is 8.70. The van der Waals surface area contributed by atoms with Gasteiger partial charge in [0.1, 0.15) is 6.73 Å². The average molecular weight is 540 g/mol. The standard InChI is InChI=1S/C25H33N7O3SSi/c1-18-14-32-21(20-12-27-31(15-20)17-35-9-10-37(2,3)4)13-26-24(32)23(28-18)29-22-11-19(16-36-22)25(33)30-5-7-34-8-6-30/h11-16H,5-10,17H2,1-4H3,(H,28,29). The summed E-state index contributed by atoms with van der Waals surface area (Å²) in [6, 6.07) is 3.00. The number of amides is 1. The lowest BCUT2D eigenvalue weighted by molar-refractivity contribution is 0.0303. The van der Waals surface area contributed by atoms with Gasteiger partial charge in [0.2, 0.25) is 0 Å². The molecule has 1 saturated heterocycles. The summed E-state index contributed by atoms with van der Waals surface area (Å²) in [4.78, 5) is 24.0. The van der Waals surface area contributed by atoms with E-state index in [4.69, 9.17) is 9.47 Å². The van der Waals surface area contributed by atoms with Gasteiger partial charge >= 0.3 is 0 Å². The van der Waals surface area contributed by atoms with E-state index in [1.54, 1.807) is 0 Å². The second-order valence-electron chi connectivity index (χ2n) is 10.4. The van der Waals surface area contributed by atoms with E-state index < -0.39 is 8.07 Å². The van der Waals surface area contributed by atoms with Crippen molar-refractivity contribution < 1.29 is 14.3 Å². The Balaban J connectivity index is 1.31. The van der Waals surface area contributed by atoms with Gasteiger partial charge in [-0.1, -0.05) is 19.6 Å². The lowest BCUT2D eigenvalue weighted by Gasteiger charge is -2.26. The fraction of sp³-hybridized carbons (Fsp3) is 0.440. The first-order chi connectivity index (χ1) is 17.8. The van der Waals surface area contributed by atoms with E-state index in [1.807, 2.05) is 57.1 Å². The van der Waals surface area contributed by atoms with Gasteiger partial charge in [-0.25, -0.2) is 14.6 Å². The summed E-state index contributed by atoms with van der Waals surface area (Å²) in [6.45, 7) is 12.6. The molecule has 0 unspecified atom stereocenters. The van der Waals surface area contributed by atoms with E-state index in [9.17, 15) is 4.79 Å². The largest absolute Gasteiger partial charge is 0.378 e. The highest BCUT2D eigenvalue weighted by Gasteiger charge is 2.20. The van der Waals surface area contributed by atoms with Crippen LogP contribution in [0.4, 0.5) is 10.8 Å². The third kappa shape index (κ3) is 6.09. The molecule has 1 N–H and O–H groups in total. The quantitative estimate of drug-likeness (QED) is 0.247. The third-order valence-electron chi connectivity index (χ3n) is 6.15. The molecule has 1 fully saturated rings. The highest BCUT2D eigenvalue weighted by Crippen LogP contribution is 2.29. The maximum absolute atomic E-state index is 12.8. The molecule has 12 heteroatoms. The van der Waals surface area contributed by atoms with E-state index in [2.05, 4.69) is 40.0 Å². The summed E-state index contributed by atoms with van der Waals surface area (Å²) in [6.07, 6.45) is 7.60. The van der Waals surface area contributed by atoms with Crippen LogP contribution in [0.3, 0.4) is 0 Å². The predicted molar refractivity (Wildman–Crippen MR) is 147 cm³/mol. The Kier molecular flexibility index (Phi) is 7.42. The number of rotatable bonds is 9. The maximum Gasteiger partial charge on any atom is 0.254 e. The van der Waals surface area contributed by atoms with Gasteiger partial charge in [-0.3, -0.25) is 9.20 Å². The van der Waals surface area contributed by atoms with E-state index >= 15 is 0 Å². The van der Waals surface area contributed by atoms with Crippen molar-refractivity contribution in [2.75, 3.05) is 38.2 Å². The highest BCUT2D eigenvalue weighted by molar-refractivity contribution is 7.14. The van der Waals surface area contributed by atoms with Crippen LogP contribution < -0.4 is 5.32 Å². The Morgan fingerprint density at radius 3 is 2.81 bits per heavy atom. The second-order valence-corrected chi connectivity index (χ2v) is 16.9. The molecule has 10 nitrogen and oxygen atoms in total. The molecule has 4 aromatic heterocycles. The number of aromatic nitrogens is 5. The molecule has 0 aliphatic carbocycles. The van der Waals surface area contributed by atoms with Crippen molar-refractivity contribution >= 4 is 41.8 Å². The number of anilines is 2. The van der Waals surface area contributed by atoms with Gasteiger partial charge in [0, 0.05) is 51.1 Å². The fourth-order valence-electron chi connectivity index (χ4n) is 4.09. The van der Waals surface area contributed by atoms with Gasteiger partial charge in [-0.05, 0) is 19.0 Å². The van der Waals surface area contributed by atoms with E-state index in [-0.39, 0.29) is 5.91 Å². The van der Waals surface area contributed by atoms with Crippen molar-refractivity contribution in [1.29, 1.82) is 0 Å². The Hall–Kier alpha value is -3.06. The van der Waals surface area contributed by atoms with Gasteiger partial charge in [-0.2, -0.15) is 5.10 Å². The molecule has 1 aliphatic heterocycles. The Morgan fingerprint density at radius 1 is 1.22 bits per heavy atom. The number of carbonyl (C=O) groups excluding carboxylic acids is 1. The molecule has 1 aliphatic rings. The van der Waals surface area contributed by atoms with Crippen LogP contribution in [0.1, 0.15) is 16.1 Å². The van der Waals surface area contributed by atoms with E-state index in [1.165, 1.54) is 11.3 Å². The van der Waals surface area contributed by atoms with E-state index in [0.717, 1.165) is 34.6 Å². The number of nitrogens with zero attached hydrogens (tertiary/aromatic N) is 6. The minimum atomic E-state index is -1.12. The first-order valence-electron chi connectivity index (χ1n) is 12.4. The Bertz CT molecular complexity index is 1380. The van der Waals surface area contributed by atoms with Crippen LogP contribution in [-0.2, 0) is 16.2 Å². The average Bonchev–Trinajstić information content (AvgIpc) is 3.61. The minimum Gasteiger partial charge on any atom is -0.378 e. The normalized spacial score (nSPS) is 14.4. The van der Waals surface area contributed by atoms with Crippen LogP contribution >= 0.6 is 11.3 Å². The summed E-state index contributed by atoms with van der Waals surface area (Å²) in [5.41, 5.74) is 4.09. The molecule has 196 valence electrons. The van der Waals surface area contributed by atoms with Gasteiger partial charge in [0.25, 0.3) is 5.91 Å². The number of aryl methyl sites for hydroxylation is 1. The number of imidazole rings is 1. The topological polar surface area (TPSA) is 98.8 Å². The molecular weight excluding hydrogens is 506 g/mol. The van der Waals surface area contributed by atoms with Crippen molar-refractivity contribution in [2.24, 2.45) is 0 Å². The maximum atomic E-state index is 12.8. The predicted octanol–water partition coefficient (Wildman–Crippen LogP) is 4.49. The number of fused-ring (bicyclic) bond motifs is 1. The van der Waals surface area contributed by atoms with Gasteiger partial charge in [0.15, 0.2) is 11.5 Å². The lowest BCUT2D eigenvalue weighted by Crippen LogP contribution is -2.40. The first kappa shape index (κ1) is 25.6. The summed E-state index contributed by atoms with van der Waals surface area (Å²) in [5, 5.41) is 10.6. The summed E-state index contributed by atoms with van der Waals surface area (Å²) < 4.78 is 15.0. The molecule has 5 heterocycles. The molecule has 1 amide bonds. The first-order valence-corrected chi connectivity index (χ1v) is 17.0. The highest BCUT2D eigenvalue weighted by atomic mass is 32.1. The molecule has 0 saturated carbocycles. The molecule has 5 rings (SSSR count). The molecule has 0 bridgehead atoms. The van der Waals surface area contributed by atoms with Crippen LogP contribution in [0.2, 0.25) is 25.7 Å². The molecule has 0 spiro atoms. The summed E-state index contributed by atoms with van der Waals surface area (Å²) in [5.74, 6) is 0.667. The number of nitrogens with one attached hydrogen (secondary N) is 1. The Labute approximate surface area is 221 Å². The Morgan fingerprint density at radius 2 is 2.03 bits per heavy atom. The number of carbonyl (C=O) groups is 1. The molecule has 0 atom stereocenters. The monoisotopic (exact) mass is 539 g/mol. The van der Waals surface area contributed by atoms with Gasteiger partial charge in [0.05, 0.1) is 47.6 Å².